The van der Waals surface area contributed by atoms with E-state index < -0.39 is 9.84 Å². The van der Waals surface area contributed by atoms with Crippen molar-refractivity contribution in [3.05, 3.63) is 52.9 Å². The third-order valence-corrected chi connectivity index (χ3v) is 7.44. The molecule has 9 heteroatoms. The molecule has 1 aromatic carbocycles. The molecule has 1 N–H and O–H groups in total. The zero-order valence-electron chi connectivity index (χ0n) is 15.5. The standard InChI is InChI=1S/C19H20FN3O2S2.ClH/c1-12-9-17(13(2)23(12)16-7-8-27(24,25)11-16)18-10-26-19(22-18)21-15-5-3-14(20)4-6-15;/h3-6,9-10,16H,7-8,11H2,1-2H3,(H,21,22);1H. The number of sulfone groups is 1. The normalized spacial score (nSPS) is 18.0. The first-order valence-corrected chi connectivity index (χ1v) is 11.4. The molecule has 0 radical (unpaired) electrons. The van der Waals surface area contributed by atoms with Crippen molar-refractivity contribution in [1.82, 2.24) is 9.55 Å². The SMILES string of the molecule is Cc1cc(-c2csc(Nc3ccc(F)cc3)n2)c(C)n1C1CCS(=O)(=O)C1.Cl. The van der Waals surface area contributed by atoms with E-state index in [2.05, 4.69) is 20.9 Å². The summed E-state index contributed by atoms with van der Waals surface area (Å²) in [4.78, 5) is 4.65. The first-order valence-electron chi connectivity index (χ1n) is 8.70. The highest BCUT2D eigenvalue weighted by molar-refractivity contribution is 7.91. The molecular weight excluding hydrogens is 421 g/mol. The number of rotatable bonds is 4. The molecule has 1 unspecified atom stereocenters. The summed E-state index contributed by atoms with van der Waals surface area (Å²) >= 11 is 1.48. The van der Waals surface area contributed by atoms with Gasteiger partial charge in [-0.25, -0.2) is 17.8 Å². The smallest absolute Gasteiger partial charge is 0.187 e. The van der Waals surface area contributed by atoms with E-state index in [9.17, 15) is 12.8 Å². The molecule has 1 atom stereocenters. The zero-order valence-corrected chi connectivity index (χ0v) is 17.9. The van der Waals surface area contributed by atoms with Crippen molar-refractivity contribution < 1.29 is 12.8 Å². The number of benzene rings is 1. The first kappa shape index (κ1) is 20.8. The average Bonchev–Trinajstić information content (AvgIpc) is 3.28. The van der Waals surface area contributed by atoms with Gasteiger partial charge in [0.1, 0.15) is 5.82 Å². The lowest BCUT2D eigenvalue weighted by Crippen LogP contribution is -2.13. The van der Waals surface area contributed by atoms with Crippen LogP contribution >= 0.6 is 23.7 Å². The second kappa shape index (κ2) is 7.85. The van der Waals surface area contributed by atoms with Crippen LogP contribution in [0.15, 0.2) is 35.7 Å². The molecule has 0 spiro atoms. The van der Waals surface area contributed by atoms with Gasteiger partial charge < -0.3 is 9.88 Å². The highest BCUT2D eigenvalue weighted by Gasteiger charge is 2.31. The van der Waals surface area contributed by atoms with Crippen molar-refractivity contribution in [3.63, 3.8) is 0 Å². The van der Waals surface area contributed by atoms with E-state index in [-0.39, 0.29) is 35.8 Å². The number of hydrogen-bond acceptors (Lipinski definition) is 5. The van der Waals surface area contributed by atoms with Gasteiger partial charge in [-0.15, -0.1) is 23.7 Å². The Kier molecular flexibility index (Phi) is 5.84. The Balaban J connectivity index is 0.00000225. The molecule has 3 heterocycles. The first-order chi connectivity index (χ1) is 12.8. The number of aromatic nitrogens is 2. The second-order valence-corrected chi connectivity index (χ2v) is 9.97. The Hall–Kier alpha value is -1.90. The van der Waals surface area contributed by atoms with E-state index in [0.29, 0.717) is 6.42 Å². The van der Waals surface area contributed by atoms with Gasteiger partial charge in [-0.05, 0) is 50.6 Å². The highest BCUT2D eigenvalue weighted by Crippen LogP contribution is 2.35. The molecule has 1 aliphatic rings. The number of thiazole rings is 1. The number of nitrogens with one attached hydrogen (secondary N) is 1. The Morgan fingerprint density at radius 2 is 1.96 bits per heavy atom. The number of nitrogens with zero attached hydrogens (tertiary/aromatic N) is 2. The Labute approximate surface area is 174 Å². The quantitative estimate of drug-likeness (QED) is 0.625. The van der Waals surface area contributed by atoms with Gasteiger partial charge in [0.25, 0.3) is 0 Å². The van der Waals surface area contributed by atoms with Crippen molar-refractivity contribution in [2.75, 3.05) is 16.8 Å². The van der Waals surface area contributed by atoms with Crippen molar-refractivity contribution in [2.24, 2.45) is 0 Å². The molecular formula is C19H21ClFN3O2S2. The van der Waals surface area contributed by atoms with Gasteiger partial charge in [-0.2, -0.15) is 0 Å². The van der Waals surface area contributed by atoms with Crippen LogP contribution < -0.4 is 5.32 Å². The van der Waals surface area contributed by atoms with Gasteiger partial charge >= 0.3 is 0 Å². The minimum atomic E-state index is -2.94. The number of hydrogen-bond donors (Lipinski definition) is 1. The predicted octanol–water partition coefficient (Wildman–Crippen LogP) is 4.89. The molecule has 1 fully saturated rings. The third-order valence-electron chi connectivity index (χ3n) is 4.93. The van der Waals surface area contributed by atoms with Gasteiger partial charge in [0.05, 0.1) is 17.2 Å². The molecule has 1 aliphatic heterocycles. The molecule has 3 aromatic rings. The summed E-state index contributed by atoms with van der Waals surface area (Å²) in [5, 5.41) is 5.88. The van der Waals surface area contributed by atoms with Gasteiger partial charge in [0.15, 0.2) is 15.0 Å². The molecule has 1 saturated heterocycles. The lowest BCUT2D eigenvalue weighted by Gasteiger charge is -2.16. The van der Waals surface area contributed by atoms with E-state index in [1.165, 1.54) is 23.5 Å². The second-order valence-electron chi connectivity index (χ2n) is 6.88. The van der Waals surface area contributed by atoms with Crippen LogP contribution in [0.25, 0.3) is 11.3 Å². The van der Waals surface area contributed by atoms with Crippen LogP contribution in [0.5, 0.6) is 0 Å². The van der Waals surface area contributed by atoms with Gasteiger partial charge in [0.2, 0.25) is 0 Å². The molecule has 0 amide bonds. The maximum absolute atomic E-state index is 13.0. The molecule has 2 aromatic heterocycles. The predicted molar refractivity (Wildman–Crippen MR) is 114 cm³/mol. The van der Waals surface area contributed by atoms with Crippen LogP contribution in [-0.4, -0.2) is 29.5 Å². The number of halogens is 2. The summed E-state index contributed by atoms with van der Waals surface area (Å²) in [7, 11) is -2.94. The third kappa shape index (κ3) is 4.09. The van der Waals surface area contributed by atoms with E-state index in [1.54, 1.807) is 12.1 Å². The number of anilines is 2. The fraction of sp³-hybridized carbons (Fsp3) is 0.316. The largest absolute Gasteiger partial charge is 0.344 e. The van der Waals surface area contributed by atoms with Crippen LogP contribution in [0.1, 0.15) is 23.9 Å². The summed E-state index contributed by atoms with van der Waals surface area (Å²) in [6, 6.07) is 8.21. The summed E-state index contributed by atoms with van der Waals surface area (Å²) in [6.45, 7) is 4.02. The van der Waals surface area contributed by atoms with Crippen LogP contribution in [0.2, 0.25) is 0 Å². The van der Waals surface area contributed by atoms with Crippen LogP contribution in [0.4, 0.5) is 15.2 Å². The molecule has 0 bridgehead atoms. The Morgan fingerprint density at radius 3 is 2.61 bits per heavy atom. The minimum Gasteiger partial charge on any atom is -0.344 e. The Bertz CT molecular complexity index is 1090. The van der Waals surface area contributed by atoms with Crippen molar-refractivity contribution >= 4 is 44.4 Å². The molecule has 0 aliphatic carbocycles. The van der Waals surface area contributed by atoms with Crippen molar-refractivity contribution in [2.45, 2.75) is 26.3 Å². The Morgan fingerprint density at radius 1 is 1.25 bits per heavy atom. The lowest BCUT2D eigenvalue weighted by molar-refractivity contribution is 0.536. The zero-order chi connectivity index (χ0) is 19.2. The summed E-state index contributed by atoms with van der Waals surface area (Å²) in [5.41, 5.74) is 4.72. The summed E-state index contributed by atoms with van der Waals surface area (Å²) in [5.74, 6) is 0.186. The summed E-state index contributed by atoms with van der Waals surface area (Å²) in [6.07, 6.45) is 0.659. The fourth-order valence-electron chi connectivity index (χ4n) is 3.69. The topological polar surface area (TPSA) is 64.0 Å². The molecule has 150 valence electrons. The monoisotopic (exact) mass is 441 g/mol. The van der Waals surface area contributed by atoms with E-state index in [1.807, 2.05) is 19.2 Å². The van der Waals surface area contributed by atoms with Gasteiger partial charge in [-0.3, -0.25) is 0 Å². The lowest BCUT2D eigenvalue weighted by atomic mass is 10.2. The molecule has 28 heavy (non-hydrogen) atoms. The van der Waals surface area contributed by atoms with Gasteiger partial charge in [-0.1, -0.05) is 0 Å². The maximum atomic E-state index is 13.0. The van der Waals surface area contributed by atoms with Crippen molar-refractivity contribution in [3.8, 4) is 11.3 Å². The minimum absolute atomic E-state index is 0. The van der Waals surface area contributed by atoms with Crippen molar-refractivity contribution in [1.29, 1.82) is 0 Å². The average molecular weight is 442 g/mol. The highest BCUT2D eigenvalue weighted by atomic mass is 35.5. The van der Waals surface area contributed by atoms with Gasteiger partial charge in [0, 0.05) is 34.1 Å². The van der Waals surface area contributed by atoms with E-state index in [0.717, 1.165) is 33.5 Å². The summed E-state index contributed by atoms with van der Waals surface area (Å²) < 4.78 is 38.9. The van der Waals surface area contributed by atoms with E-state index >= 15 is 0 Å². The number of aryl methyl sites for hydroxylation is 1. The molecule has 0 saturated carbocycles. The van der Waals surface area contributed by atoms with E-state index in [4.69, 9.17) is 0 Å². The maximum Gasteiger partial charge on any atom is 0.187 e. The van der Waals surface area contributed by atoms with Crippen LogP contribution in [-0.2, 0) is 9.84 Å². The molecule has 5 nitrogen and oxygen atoms in total. The van der Waals surface area contributed by atoms with Crippen LogP contribution in [0.3, 0.4) is 0 Å². The fourth-order valence-corrected chi connectivity index (χ4v) is 6.12. The molecule has 4 rings (SSSR count). The van der Waals surface area contributed by atoms with Crippen LogP contribution in [0, 0.1) is 19.7 Å².